The maximum absolute atomic E-state index is 10.2. The van der Waals surface area contributed by atoms with E-state index in [1.807, 2.05) is 73.7 Å². The van der Waals surface area contributed by atoms with Crippen LogP contribution in [0.15, 0.2) is 72.8 Å². The van der Waals surface area contributed by atoms with Crippen LogP contribution in [0.3, 0.4) is 0 Å². The minimum Gasteiger partial charge on any atom is -0.508 e. The molecule has 1 atom stereocenters. The fraction of sp³-hybridized carbons (Fsp3) is 0.100. The largest absolute Gasteiger partial charge is 0.508 e. The molecule has 3 aromatic rings. The summed E-state index contributed by atoms with van der Waals surface area (Å²) in [5.74, 6) is 0.229. The molecule has 3 N–H and O–H groups in total. The van der Waals surface area contributed by atoms with E-state index in [9.17, 15) is 5.11 Å². The summed E-state index contributed by atoms with van der Waals surface area (Å²) < 4.78 is 0. The highest BCUT2D eigenvalue weighted by Gasteiger charge is 2.14. The second kappa shape index (κ2) is 6.04. The monoisotopic (exact) mass is 289 g/mol. The van der Waals surface area contributed by atoms with Gasteiger partial charge in [-0.1, -0.05) is 66.2 Å². The average molecular weight is 289 g/mol. The van der Waals surface area contributed by atoms with Crippen LogP contribution in [-0.4, -0.2) is 5.11 Å². The molecule has 3 rings (SSSR count). The van der Waals surface area contributed by atoms with Gasteiger partial charge in [0.05, 0.1) is 6.04 Å². The molecule has 0 spiro atoms. The Balaban J connectivity index is 2.01. The summed E-state index contributed by atoms with van der Waals surface area (Å²) in [5, 5.41) is 10.2. The molecule has 0 amide bonds. The number of hydrogen-bond acceptors (Lipinski definition) is 2. The summed E-state index contributed by atoms with van der Waals surface area (Å²) in [6.07, 6.45) is 0. The lowest BCUT2D eigenvalue weighted by Gasteiger charge is -2.16. The molecule has 110 valence electrons. The van der Waals surface area contributed by atoms with Gasteiger partial charge in [0.1, 0.15) is 5.75 Å². The van der Waals surface area contributed by atoms with Crippen molar-refractivity contribution in [1.82, 2.24) is 0 Å². The molecule has 1 unspecified atom stereocenters. The molecule has 22 heavy (non-hydrogen) atoms. The van der Waals surface area contributed by atoms with E-state index in [2.05, 4.69) is 0 Å². The molecule has 0 aliphatic heterocycles. The topological polar surface area (TPSA) is 46.2 Å². The lowest BCUT2D eigenvalue weighted by atomic mass is 9.94. The number of hydrogen-bond donors (Lipinski definition) is 2. The van der Waals surface area contributed by atoms with Gasteiger partial charge >= 0.3 is 0 Å². The minimum atomic E-state index is -0.343. The van der Waals surface area contributed by atoms with Gasteiger partial charge in [-0.2, -0.15) is 0 Å². The number of benzene rings is 3. The third kappa shape index (κ3) is 2.87. The molecule has 2 heteroatoms. The van der Waals surface area contributed by atoms with Crippen LogP contribution in [0.1, 0.15) is 22.7 Å². The second-order valence-electron chi connectivity index (χ2n) is 5.53. The van der Waals surface area contributed by atoms with Crippen LogP contribution >= 0.6 is 0 Å². The first-order valence-corrected chi connectivity index (χ1v) is 7.35. The molecule has 0 bridgehead atoms. The second-order valence-corrected chi connectivity index (χ2v) is 5.53. The van der Waals surface area contributed by atoms with Crippen LogP contribution < -0.4 is 5.73 Å². The van der Waals surface area contributed by atoms with Crippen LogP contribution in [0.2, 0.25) is 0 Å². The van der Waals surface area contributed by atoms with Crippen LogP contribution in [0.4, 0.5) is 0 Å². The molecular formula is C20H19NO. The van der Waals surface area contributed by atoms with E-state index >= 15 is 0 Å². The van der Waals surface area contributed by atoms with Crippen molar-refractivity contribution in [2.45, 2.75) is 13.0 Å². The van der Waals surface area contributed by atoms with Gasteiger partial charge < -0.3 is 10.8 Å². The summed E-state index contributed by atoms with van der Waals surface area (Å²) in [5.41, 5.74) is 11.4. The number of phenols is 1. The quantitative estimate of drug-likeness (QED) is 0.750. The van der Waals surface area contributed by atoms with Crippen molar-refractivity contribution in [2.75, 3.05) is 0 Å². The molecule has 0 heterocycles. The normalized spacial score (nSPS) is 12.1. The summed E-state index contributed by atoms with van der Waals surface area (Å²) in [6, 6.07) is 23.4. The zero-order valence-corrected chi connectivity index (χ0v) is 12.5. The molecule has 0 radical (unpaired) electrons. The highest BCUT2D eigenvalue weighted by Crippen LogP contribution is 2.32. The number of nitrogens with two attached hydrogens (primary N) is 1. The molecule has 0 aliphatic rings. The first-order valence-electron chi connectivity index (χ1n) is 7.35. The van der Waals surface area contributed by atoms with Gasteiger partial charge in [0.15, 0.2) is 0 Å². The Morgan fingerprint density at radius 1 is 0.818 bits per heavy atom. The van der Waals surface area contributed by atoms with Gasteiger partial charge in [-0.3, -0.25) is 0 Å². The first-order chi connectivity index (χ1) is 10.6. The van der Waals surface area contributed by atoms with Gasteiger partial charge in [0.25, 0.3) is 0 Å². The number of aryl methyl sites for hydroxylation is 1. The average Bonchev–Trinajstić information content (AvgIpc) is 2.56. The van der Waals surface area contributed by atoms with Crippen molar-refractivity contribution >= 4 is 0 Å². The summed E-state index contributed by atoms with van der Waals surface area (Å²) in [6.45, 7) is 2.04. The van der Waals surface area contributed by atoms with E-state index in [1.54, 1.807) is 6.07 Å². The van der Waals surface area contributed by atoms with Crippen LogP contribution in [0.25, 0.3) is 11.1 Å². The Hall–Kier alpha value is -2.58. The van der Waals surface area contributed by atoms with E-state index in [0.717, 1.165) is 22.3 Å². The first kappa shape index (κ1) is 14.4. The van der Waals surface area contributed by atoms with E-state index < -0.39 is 0 Å². The van der Waals surface area contributed by atoms with Crippen molar-refractivity contribution in [2.24, 2.45) is 5.73 Å². The molecule has 0 aromatic heterocycles. The Labute approximate surface area is 130 Å². The third-order valence-corrected chi connectivity index (χ3v) is 3.91. The predicted octanol–water partition coefficient (Wildman–Crippen LogP) is 4.42. The maximum Gasteiger partial charge on any atom is 0.120 e. The van der Waals surface area contributed by atoms with Crippen LogP contribution in [-0.2, 0) is 0 Å². The number of rotatable bonds is 3. The van der Waals surface area contributed by atoms with E-state index in [-0.39, 0.29) is 11.8 Å². The predicted molar refractivity (Wildman–Crippen MR) is 90.8 cm³/mol. The van der Waals surface area contributed by atoms with Gasteiger partial charge in [-0.15, -0.1) is 0 Å². The van der Waals surface area contributed by atoms with E-state index in [0.29, 0.717) is 0 Å². The Bertz CT molecular complexity index is 763. The number of phenolic OH excluding ortho intramolecular Hbond substituents is 1. The zero-order chi connectivity index (χ0) is 15.5. The van der Waals surface area contributed by atoms with Crippen LogP contribution in [0.5, 0.6) is 5.75 Å². The summed E-state index contributed by atoms with van der Waals surface area (Å²) in [7, 11) is 0. The molecule has 0 saturated carbocycles. The Kier molecular flexibility index (Phi) is 3.94. The number of aromatic hydroxyl groups is 1. The van der Waals surface area contributed by atoms with Crippen LogP contribution in [0, 0.1) is 6.92 Å². The van der Waals surface area contributed by atoms with Gasteiger partial charge in [-0.05, 0) is 35.7 Å². The van der Waals surface area contributed by atoms with Crippen molar-refractivity contribution in [3.63, 3.8) is 0 Å². The van der Waals surface area contributed by atoms with Crippen molar-refractivity contribution in [3.05, 3.63) is 89.5 Å². The lowest BCUT2D eigenvalue weighted by Crippen LogP contribution is -2.12. The molecule has 3 aromatic carbocycles. The fourth-order valence-electron chi connectivity index (χ4n) is 2.57. The molecular weight excluding hydrogens is 270 g/mol. The standard InChI is InChI=1S/C20H19NO/c1-14-7-9-16(10-8-14)20(21)18-13-17(11-12-19(18)22)15-5-3-2-4-6-15/h2-13,20,22H,21H2,1H3. The summed E-state index contributed by atoms with van der Waals surface area (Å²) in [4.78, 5) is 0. The van der Waals surface area contributed by atoms with Gasteiger partial charge in [0.2, 0.25) is 0 Å². The molecule has 0 fully saturated rings. The minimum absolute atomic E-state index is 0.229. The molecule has 0 aliphatic carbocycles. The maximum atomic E-state index is 10.2. The van der Waals surface area contributed by atoms with Crippen molar-refractivity contribution in [1.29, 1.82) is 0 Å². The fourth-order valence-corrected chi connectivity index (χ4v) is 2.57. The highest BCUT2D eigenvalue weighted by atomic mass is 16.3. The van der Waals surface area contributed by atoms with Crippen molar-refractivity contribution in [3.8, 4) is 16.9 Å². The Morgan fingerprint density at radius 3 is 2.18 bits per heavy atom. The van der Waals surface area contributed by atoms with Gasteiger partial charge in [-0.25, -0.2) is 0 Å². The van der Waals surface area contributed by atoms with Gasteiger partial charge in [0, 0.05) is 5.56 Å². The zero-order valence-electron chi connectivity index (χ0n) is 12.5. The molecule has 2 nitrogen and oxygen atoms in total. The lowest BCUT2D eigenvalue weighted by molar-refractivity contribution is 0.465. The SMILES string of the molecule is Cc1ccc(C(N)c2cc(-c3ccccc3)ccc2O)cc1. The van der Waals surface area contributed by atoms with E-state index in [4.69, 9.17) is 5.73 Å². The third-order valence-electron chi connectivity index (χ3n) is 3.91. The van der Waals surface area contributed by atoms with E-state index in [1.165, 1.54) is 5.56 Å². The smallest absolute Gasteiger partial charge is 0.120 e. The highest BCUT2D eigenvalue weighted by molar-refractivity contribution is 5.66. The Morgan fingerprint density at radius 2 is 1.50 bits per heavy atom. The summed E-state index contributed by atoms with van der Waals surface area (Å²) >= 11 is 0. The van der Waals surface area contributed by atoms with Crippen molar-refractivity contribution < 1.29 is 5.11 Å². The molecule has 0 saturated heterocycles.